The Morgan fingerprint density at radius 2 is 2.11 bits per heavy atom. The lowest BCUT2D eigenvalue weighted by Gasteiger charge is -2.12. The van der Waals surface area contributed by atoms with Crippen LogP contribution in [0.3, 0.4) is 0 Å². The van der Waals surface area contributed by atoms with Crippen LogP contribution in [-0.2, 0) is 0 Å². The number of rotatable bonds is 4. The monoisotopic (exact) mass is 256 g/mol. The Hall–Kier alpha value is -1.68. The average molecular weight is 256 g/mol. The van der Waals surface area contributed by atoms with Gasteiger partial charge in [-0.2, -0.15) is 5.10 Å². The summed E-state index contributed by atoms with van der Waals surface area (Å²) in [7, 11) is 0. The summed E-state index contributed by atoms with van der Waals surface area (Å²) in [5.74, 6) is 0.902. The maximum absolute atomic E-state index is 4.29. The second-order valence-electron chi connectivity index (χ2n) is 5.19. The lowest BCUT2D eigenvalue weighted by atomic mass is 10.1. The molecule has 2 aromatic rings. The fourth-order valence-electron chi connectivity index (χ4n) is 2.74. The van der Waals surface area contributed by atoms with Gasteiger partial charge in [0.2, 0.25) is 0 Å². The molecule has 19 heavy (non-hydrogen) atoms. The predicted octanol–water partition coefficient (Wildman–Crippen LogP) is 2.49. The number of aryl methyl sites for hydroxylation is 1. The van der Waals surface area contributed by atoms with Gasteiger partial charge in [0.05, 0.1) is 5.69 Å². The molecule has 1 fully saturated rings. The zero-order valence-electron chi connectivity index (χ0n) is 11.3. The van der Waals surface area contributed by atoms with E-state index >= 15 is 0 Å². The minimum atomic E-state index is 0.664. The van der Waals surface area contributed by atoms with Gasteiger partial charge in [-0.3, -0.25) is 0 Å². The molecule has 1 unspecified atom stereocenters. The molecule has 100 valence electrons. The molecule has 0 bridgehead atoms. The number of nitrogens with one attached hydrogen (secondary N) is 2. The summed E-state index contributed by atoms with van der Waals surface area (Å²) in [6.45, 7) is 4.11. The van der Waals surface area contributed by atoms with Crippen molar-refractivity contribution in [1.82, 2.24) is 15.5 Å². The van der Waals surface area contributed by atoms with Crippen LogP contribution in [-0.4, -0.2) is 29.3 Å². The van der Waals surface area contributed by atoms with E-state index in [0.717, 1.165) is 36.4 Å². The highest BCUT2D eigenvalue weighted by atomic mass is 15.2. The van der Waals surface area contributed by atoms with E-state index < -0.39 is 0 Å². The van der Waals surface area contributed by atoms with E-state index in [0.29, 0.717) is 6.04 Å². The molecule has 1 aliphatic rings. The summed E-state index contributed by atoms with van der Waals surface area (Å²) in [4.78, 5) is 0. The van der Waals surface area contributed by atoms with Gasteiger partial charge in [0.1, 0.15) is 0 Å². The van der Waals surface area contributed by atoms with E-state index in [1.807, 2.05) is 19.1 Å². The van der Waals surface area contributed by atoms with Gasteiger partial charge in [0.15, 0.2) is 5.82 Å². The van der Waals surface area contributed by atoms with Crippen molar-refractivity contribution >= 4 is 16.6 Å². The smallest absolute Gasteiger partial charge is 0.156 e. The summed E-state index contributed by atoms with van der Waals surface area (Å²) in [6.07, 6.45) is 3.74. The number of nitrogens with zero attached hydrogens (tertiary/aromatic N) is 2. The average Bonchev–Trinajstić information content (AvgIpc) is 2.95. The molecule has 1 aliphatic heterocycles. The zero-order valence-corrected chi connectivity index (χ0v) is 11.3. The van der Waals surface area contributed by atoms with Crippen molar-refractivity contribution in [1.29, 1.82) is 0 Å². The molecular weight excluding hydrogens is 236 g/mol. The van der Waals surface area contributed by atoms with Crippen LogP contribution in [0.15, 0.2) is 24.3 Å². The maximum atomic E-state index is 4.29. The standard InChI is InChI=1S/C15H20N4/c1-11-13-6-2-3-7-14(13)15(19-18-11)17-10-8-12-5-4-9-16-12/h2-3,6-7,12,16H,4-5,8-10H2,1H3,(H,17,19). The Morgan fingerprint density at radius 1 is 1.26 bits per heavy atom. The van der Waals surface area contributed by atoms with Gasteiger partial charge in [-0.05, 0) is 32.7 Å². The Kier molecular flexibility index (Phi) is 3.60. The highest BCUT2D eigenvalue weighted by Crippen LogP contribution is 2.22. The van der Waals surface area contributed by atoms with Crippen LogP contribution in [0.25, 0.3) is 10.8 Å². The topological polar surface area (TPSA) is 49.8 Å². The molecule has 0 aliphatic carbocycles. The van der Waals surface area contributed by atoms with Crippen molar-refractivity contribution in [2.45, 2.75) is 32.2 Å². The molecule has 1 aromatic carbocycles. The van der Waals surface area contributed by atoms with Crippen molar-refractivity contribution in [3.05, 3.63) is 30.0 Å². The third-order valence-electron chi connectivity index (χ3n) is 3.82. The number of aromatic nitrogens is 2. The van der Waals surface area contributed by atoms with Gasteiger partial charge in [0, 0.05) is 23.4 Å². The van der Waals surface area contributed by atoms with Crippen LogP contribution in [0.4, 0.5) is 5.82 Å². The lowest BCUT2D eigenvalue weighted by molar-refractivity contribution is 0.574. The quantitative estimate of drug-likeness (QED) is 0.882. The van der Waals surface area contributed by atoms with E-state index in [1.54, 1.807) is 0 Å². The maximum Gasteiger partial charge on any atom is 0.156 e. The van der Waals surface area contributed by atoms with Crippen molar-refractivity contribution < 1.29 is 0 Å². The highest BCUT2D eigenvalue weighted by Gasteiger charge is 2.13. The molecule has 1 aromatic heterocycles. The third-order valence-corrected chi connectivity index (χ3v) is 3.82. The molecule has 1 atom stereocenters. The van der Waals surface area contributed by atoms with Gasteiger partial charge in [0.25, 0.3) is 0 Å². The fourth-order valence-corrected chi connectivity index (χ4v) is 2.74. The van der Waals surface area contributed by atoms with E-state index in [-0.39, 0.29) is 0 Å². The van der Waals surface area contributed by atoms with E-state index in [1.165, 1.54) is 18.2 Å². The summed E-state index contributed by atoms with van der Waals surface area (Å²) < 4.78 is 0. The minimum Gasteiger partial charge on any atom is -0.368 e. The highest BCUT2D eigenvalue weighted by molar-refractivity contribution is 5.92. The lowest BCUT2D eigenvalue weighted by Crippen LogP contribution is -2.24. The first-order valence-corrected chi connectivity index (χ1v) is 7.04. The largest absolute Gasteiger partial charge is 0.368 e. The number of anilines is 1. The first kappa shape index (κ1) is 12.4. The molecule has 2 N–H and O–H groups in total. The normalized spacial score (nSPS) is 18.9. The molecule has 0 saturated carbocycles. The molecule has 4 heteroatoms. The van der Waals surface area contributed by atoms with Crippen molar-refractivity contribution in [3.8, 4) is 0 Å². The Balaban J connectivity index is 1.72. The zero-order chi connectivity index (χ0) is 13.1. The molecule has 4 nitrogen and oxygen atoms in total. The first-order chi connectivity index (χ1) is 9.34. The molecule has 0 radical (unpaired) electrons. The summed E-state index contributed by atoms with van der Waals surface area (Å²) in [6, 6.07) is 8.96. The second-order valence-corrected chi connectivity index (χ2v) is 5.19. The number of hydrogen-bond acceptors (Lipinski definition) is 4. The molecular formula is C15H20N4. The molecule has 3 rings (SSSR count). The Morgan fingerprint density at radius 3 is 2.89 bits per heavy atom. The van der Waals surface area contributed by atoms with Crippen LogP contribution in [0.1, 0.15) is 25.0 Å². The van der Waals surface area contributed by atoms with Crippen molar-refractivity contribution in [2.75, 3.05) is 18.4 Å². The second kappa shape index (κ2) is 5.53. The van der Waals surface area contributed by atoms with Gasteiger partial charge in [-0.15, -0.1) is 5.10 Å². The van der Waals surface area contributed by atoms with Gasteiger partial charge in [-0.1, -0.05) is 24.3 Å². The van der Waals surface area contributed by atoms with Crippen molar-refractivity contribution in [2.24, 2.45) is 0 Å². The molecule has 1 saturated heterocycles. The number of hydrogen-bond donors (Lipinski definition) is 2. The summed E-state index contributed by atoms with van der Waals surface area (Å²) >= 11 is 0. The summed E-state index contributed by atoms with van der Waals surface area (Å²) in [5, 5.41) is 17.8. The number of fused-ring (bicyclic) bond motifs is 1. The van der Waals surface area contributed by atoms with Crippen LogP contribution >= 0.6 is 0 Å². The van der Waals surface area contributed by atoms with E-state index in [2.05, 4.69) is 33.0 Å². The van der Waals surface area contributed by atoms with Gasteiger partial charge >= 0.3 is 0 Å². The van der Waals surface area contributed by atoms with Crippen molar-refractivity contribution in [3.63, 3.8) is 0 Å². The molecule has 0 spiro atoms. The van der Waals surface area contributed by atoms with E-state index in [9.17, 15) is 0 Å². The third kappa shape index (κ3) is 2.68. The van der Waals surface area contributed by atoms with Crippen LogP contribution in [0.5, 0.6) is 0 Å². The molecule has 0 amide bonds. The van der Waals surface area contributed by atoms with Gasteiger partial charge < -0.3 is 10.6 Å². The first-order valence-electron chi connectivity index (χ1n) is 7.04. The van der Waals surface area contributed by atoms with Crippen LogP contribution < -0.4 is 10.6 Å². The summed E-state index contributed by atoms with van der Waals surface area (Å²) in [5.41, 5.74) is 0.985. The van der Waals surface area contributed by atoms with Gasteiger partial charge in [-0.25, -0.2) is 0 Å². The van der Waals surface area contributed by atoms with Crippen LogP contribution in [0, 0.1) is 6.92 Å². The van der Waals surface area contributed by atoms with E-state index in [4.69, 9.17) is 0 Å². The van der Waals surface area contributed by atoms with Crippen LogP contribution in [0.2, 0.25) is 0 Å². The predicted molar refractivity (Wildman–Crippen MR) is 78.4 cm³/mol. The fraction of sp³-hybridized carbons (Fsp3) is 0.467. The Bertz CT molecular complexity index is 561. The number of benzene rings is 1. The Labute approximate surface area is 113 Å². The molecule has 2 heterocycles. The SMILES string of the molecule is Cc1nnc(NCCC2CCCN2)c2ccccc12. The minimum absolute atomic E-state index is 0.664.